The lowest BCUT2D eigenvalue weighted by molar-refractivity contribution is 0.392. The molecule has 1 heterocycles. The SMILES string of the molecule is C#C.C/C=C\C=C/Cc1noc(C)c1-c1ccc(S(N)(=O)=O)cc1. The number of terminal acetylenes is 1. The van der Waals surface area contributed by atoms with Crippen molar-refractivity contribution < 1.29 is 12.9 Å². The van der Waals surface area contributed by atoms with Crippen LogP contribution in [0.25, 0.3) is 11.1 Å². The summed E-state index contributed by atoms with van der Waals surface area (Å²) in [5, 5.41) is 9.17. The fraction of sp³-hybridized carbons (Fsp3) is 0.167. The van der Waals surface area contributed by atoms with Crippen molar-refractivity contribution in [1.29, 1.82) is 0 Å². The van der Waals surface area contributed by atoms with Gasteiger partial charge in [-0.15, -0.1) is 12.8 Å². The second kappa shape index (κ2) is 8.87. The molecule has 0 aliphatic heterocycles. The van der Waals surface area contributed by atoms with E-state index in [1.54, 1.807) is 12.1 Å². The van der Waals surface area contributed by atoms with Crippen molar-refractivity contribution in [2.75, 3.05) is 0 Å². The fourth-order valence-corrected chi connectivity index (χ4v) is 2.62. The van der Waals surface area contributed by atoms with Crippen LogP contribution in [0.15, 0.2) is 58.0 Å². The van der Waals surface area contributed by atoms with Gasteiger partial charge in [0.15, 0.2) is 0 Å². The zero-order valence-electron chi connectivity index (χ0n) is 13.6. The average Bonchev–Trinajstić information content (AvgIpc) is 2.93. The molecular weight excluding hydrogens is 324 g/mol. The third kappa shape index (κ3) is 4.95. The minimum atomic E-state index is -3.69. The standard InChI is InChI=1S/C16H18N2O3S.C2H2/c1-3-4-5-6-7-15-16(12(2)21-18-15)13-8-10-14(11-9-13)22(17,19)20;1-2/h3-6,8-11H,7H2,1-2H3,(H2,17,19,20);1-2H/b4-3-,6-5-;. The van der Waals surface area contributed by atoms with E-state index < -0.39 is 10.0 Å². The summed E-state index contributed by atoms with van der Waals surface area (Å²) in [5.74, 6) is 0.692. The Bertz CT molecular complexity index is 842. The minimum absolute atomic E-state index is 0.0832. The molecule has 0 fully saturated rings. The first kappa shape index (κ1) is 19.4. The maximum absolute atomic E-state index is 11.3. The zero-order valence-corrected chi connectivity index (χ0v) is 14.5. The molecule has 0 saturated carbocycles. The molecule has 0 radical (unpaired) electrons. The molecule has 126 valence electrons. The average molecular weight is 344 g/mol. The number of rotatable bonds is 5. The van der Waals surface area contributed by atoms with E-state index in [-0.39, 0.29) is 4.90 Å². The van der Waals surface area contributed by atoms with Gasteiger partial charge in [0.1, 0.15) is 5.76 Å². The highest BCUT2D eigenvalue weighted by Crippen LogP contribution is 2.28. The summed E-state index contributed by atoms with van der Waals surface area (Å²) in [6, 6.07) is 6.38. The fourth-order valence-electron chi connectivity index (χ4n) is 2.11. The Morgan fingerprint density at radius 1 is 1.21 bits per heavy atom. The predicted octanol–water partition coefficient (Wildman–Crippen LogP) is 3.22. The van der Waals surface area contributed by atoms with Crippen molar-refractivity contribution in [3.8, 4) is 24.0 Å². The van der Waals surface area contributed by atoms with Crippen LogP contribution in [0.3, 0.4) is 0 Å². The Labute approximate surface area is 142 Å². The Morgan fingerprint density at radius 2 is 1.83 bits per heavy atom. The highest BCUT2D eigenvalue weighted by molar-refractivity contribution is 7.89. The largest absolute Gasteiger partial charge is 0.361 e. The molecule has 24 heavy (non-hydrogen) atoms. The monoisotopic (exact) mass is 344 g/mol. The van der Waals surface area contributed by atoms with E-state index in [1.807, 2.05) is 38.2 Å². The quantitative estimate of drug-likeness (QED) is 0.666. The molecule has 0 atom stereocenters. The second-order valence-electron chi connectivity index (χ2n) is 4.79. The van der Waals surface area contributed by atoms with Crippen LogP contribution in [0.2, 0.25) is 0 Å². The van der Waals surface area contributed by atoms with Crippen LogP contribution in [0.5, 0.6) is 0 Å². The molecule has 0 spiro atoms. The van der Waals surface area contributed by atoms with Gasteiger partial charge in [-0.25, -0.2) is 13.6 Å². The Morgan fingerprint density at radius 3 is 2.38 bits per heavy atom. The molecule has 1 aromatic carbocycles. The second-order valence-corrected chi connectivity index (χ2v) is 6.35. The molecular formula is C18H20N2O3S. The number of sulfonamides is 1. The first-order valence-electron chi connectivity index (χ1n) is 7.13. The van der Waals surface area contributed by atoms with Crippen molar-refractivity contribution in [2.45, 2.75) is 25.2 Å². The minimum Gasteiger partial charge on any atom is -0.361 e. The third-order valence-corrected chi connectivity index (χ3v) is 4.09. The molecule has 2 N–H and O–H groups in total. The number of aromatic nitrogens is 1. The summed E-state index contributed by atoms with van der Waals surface area (Å²) in [6.07, 6.45) is 16.4. The summed E-state index contributed by atoms with van der Waals surface area (Å²) < 4.78 is 27.9. The lowest BCUT2D eigenvalue weighted by Crippen LogP contribution is -2.11. The molecule has 0 unspecified atom stereocenters. The van der Waals surface area contributed by atoms with Crippen LogP contribution in [0.1, 0.15) is 18.4 Å². The summed E-state index contributed by atoms with van der Waals surface area (Å²) in [5.41, 5.74) is 2.54. The Hall–Kier alpha value is -2.62. The third-order valence-electron chi connectivity index (χ3n) is 3.16. The number of nitrogens with two attached hydrogens (primary N) is 1. The number of hydrogen-bond donors (Lipinski definition) is 1. The highest BCUT2D eigenvalue weighted by Gasteiger charge is 2.15. The molecule has 0 bridgehead atoms. The van der Waals surface area contributed by atoms with Crippen molar-refractivity contribution in [1.82, 2.24) is 5.16 Å². The summed E-state index contributed by atoms with van der Waals surface area (Å²) in [4.78, 5) is 0.0832. The first-order chi connectivity index (χ1) is 11.4. The van der Waals surface area contributed by atoms with Crippen molar-refractivity contribution in [2.24, 2.45) is 5.14 Å². The van der Waals surface area contributed by atoms with Gasteiger partial charge in [0.05, 0.1) is 10.6 Å². The number of nitrogens with zero attached hydrogens (tertiary/aromatic N) is 1. The van der Waals surface area contributed by atoms with E-state index in [4.69, 9.17) is 9.66 Å². The molecule has 0 aliphatic rings. The van der Waals surface area contributed by atoms with E-state index >= 15 is 0 Å². The zero-order chi connectivity index (χ0) is 18.2. The van der Waals surface area contributed by atoms with Gasteiger partial charge in [-0.2, -0.15) is 0 Å². The van der Waals surface area contributed by atoms with Gasteiger partial charge < -0.3 is 4.52 Å². The van der Waals surface area contributed by atoms with Crippen LogP contribution in [0.4, 0.5) is 0 Å². The van der Waals surface area contributed by atoms with E-state index in [0.29, 0.717) is 12.2 Å². The molecule has 1 aromatic heterocycles. The molecule has 2 aromatic rings. The van der Waals surface area contributed by atoms with Gasteiger partial charge in [-0.05, 0) is 31.5 Å². The highest BCUT2D eigenvalue weighted by atomic mass is 32.2. The molecule has 0 saturated heterocycles. The first-order valence-corrected chi connectivity index (χ1v) is 8.67. The maximum Gasteiger partial charge on any atom is 0.238 e. The number of hydrogen-bond acceptors (Lipinski definition) is 4. The van der Waals surface area contributed by atoms with Crippen LogP contribution in [0, 0.1) is 19.8 Å². The van der Waals surface area contributed by atoms with Gasteiger partial charge in [0.25, 0.3) is 0 Å². The van der Waals surface area contributed by atoms with Gasteiger partial charge in [-0.3, -0.25) is 0 Å². The number of primary sulfonamides is 1. The summed E-state index contributed by atoms with van der Waals surface area (Å²) in [6.45, 7) is 3.78. The Kier molecular flexibility index (Phi) is 7.18. The van der Waals surface area contributed by atoms with Crippen molar-refractivity contribution >= 4 is 10.0 Å². The van der Waals surface area contributed by atoms with E-state index in [2.05, 4.69) is 18.0 Å². The maximum atomic E-state index is 11.3. The normalized spacial score (nSPS) is 11.5. The summed E-state index contributed by atoms with van der Waals surface area (Å²) >= 11 is 0. The van der Waals surface area contributed by atoms with Gasteiger partial charge >= 0.3 is 0 Å². The van der Waals surface area contributed by atoms with Crippen molar-refractivity contribution in [3.05, 3.63) is 60.0 Å². The van der Waals surface area contributed by atoms with Crippen LogP contribution < -0.4 is 5.14 Å². The summed E-state index contributed by atoms with van der Waals surface area (Å²) in [7, 11) is -3.69. The molecule has 6 heteroatoms. The predicted molar refractivity (Wildman–Crippen MR) is 95.6 cm³/mol. The van der Waals surface area contributed by atoms with Gasteiger partial charge in [-0.1, -0.05) is 41.6 Å². The van der Waals surface area contributed by atoms with Crippen LogP contribution in [-0.4, -0.2) is 13.6 Å². The molecule has 0 aliphatic carbocycles. The lowest BCUT2D eigenvalue weighted by Gasteiger charge is -2.03. The Balaban J connectivity index is 0.00000139. The van der Waals surface area contributed by atoms with E-state index in [0.717, 1.165) is 16.8 Å². The molecule has 2 rings (SSSR count). The number of allylic oxidation sites excluding steroid dienone is 4. The van der Waals surface area contributed by atoms with Gasteiger partial charge in [0.2, 0.25) is 10.0 Å². The topological polar surface area (TPSA) is 86.2 Å². The molecule has 5 nitrogen and oxygen atoms in total. The number of aryl methyl sites for hydroxylation is 1. The van der Waals surface area contributed by atoms with Crippen LogP contribution >= 0.6 is 0 Å². The van der Waals surface area contributed by atoms with Crippen molar-refractivity contribution in [3.63, 3.8) is 0 Å². The smallest absolute Gasteiger partial charge is 0.238 e. The van der Waals surface area contributed by atoms with Crippen LogP contribution in [-0.2, 0) is 16.4 Å². The molecule has 0 amide bonds. The van der Waals surface area contributed by atoms with E-state index in [1.165, 1.54) is 12.1 Å². The van der Waals surface area contributed by atoms with E-state index in [9.17, 15) is 8.42 Å². The number of benzene rings is 1. The lowest BCUT2D eigenvalue weighted by atomic mass is 10.0. The van der Waals surface area contributed by atoms with Gasteiger partial charge in [0, 0.05) is 12.0 Å².